The van der Waals surface area contributed by atoms with Gasteiger partial charge in [0.1, 0.15) is 0 Å². The first-order valence-electron chi connectivity index (χ1n) is 5.46. The summed E-state index contributed by atoms with van der Waals surface area (Å²) in [5.74, 6) is 0. The van der Waals surface area contributed by atoms with E-state index in [-0.39, 0.29) is 6.04 Å². The molecular formula is C13H12BrCl2NS. The molecule has 0 spiro atoms. The van der Waals surface area contributed by atoms with E-state index in [1.54, 1.807) is 11.3 Å². The van der Waals surface area contributed by atoms with Crippen molar-refractivity contribution in [1.82, 2.24) is 5.32 Å². The summed E-state index contributed by atoms with van der Waals surface area (Å²) < 4.78 is 0.977. The second-order valence-electron chi connectivity index (χ2n) is 3.95. The second kappa shape index (κ2) is 6.40. The van der Waals surface area contributed by atoms with Gasteiger partial charge in [0.05, 0.1) is 8.81 Å². The van der Waals surface area contributed by atoms with Crippen molar-refractivity contribution in [3.8, 4) is 0 Å². The fourth-order valence-corrected chi connectivity index (χ4v) is 3.85. The zero-order chi connectivity index (χ0) is 13.1. The van der Waals surface area contributed by atoms with Gasteiger partial charge in [-0.2, -0.15) is 0 Å². The molecule has 1 aromatic heterocycles. The summed E-state index contributed by atoms with van der Waals surface area (Å²) in [7, 11) is 1.96. The van der Waals surface area contributed by atoms with Crippen LogP contribution in [-0.4, -0.2) is 7.05 Å². The van der Waals surface area contributed by atoms with Gasteiger partial charge in [-0.3, -0.25) is 0 Å². The molecule has 2 rings (SSSR count). The van der Waals surface area contributed by atoms with Gasteiger partial charge >= 0.3 is 0 Å². The first-order valence-corrected chi connectivity index (χ1v) is 7.83. The fourth-order valence-electron chi connectivity index (χ4n) is 1.78. The van der Waals surface area contributed by atoms with E-state index in [0.717, 1.165) is 20.3 Å². The van der Waals surface area contributed by atoms with E-state index >= 15 is 0 Å². The van der Waals surface area contributed by atoms with Gasteiger partial charge in [0, 0.05) is 15.9 Å². The van der Waals surface area contributed by atoms with Crippen LogP contribution in [0.25, 0.3) is 0 Å². The van der Waals surface area contributed by atoms with Crippen LogP contribution < -0.4 is 5.32 Å². The monoisotopic (exact) mass is 363 g/mol. The first kappa shape index (κ1) is 14.4. The van der Waals surface area contributed by atoms with Crippen molar-refractivity contribution in [2.24, 2.45) is 0 Å². The molecule has 5 heteroatoms. The molecule has 0 aliphatic carbocycles. The Kier molecular flexibility index (Phi) is 5.10. The SMILES string of the molecule is CNC(Cc1cccc(Cl)c1)c1cc(Cl)c(Br)s1. The lowest BCUT2D eigenvalue weighted by Gasteiger charge is -2.14. The number of halogens is 3. The van der Waals surface area contributed by atoms with Crippen molar-refractivity contribution in [3.63, 3.8) is 0 Å². The summed E-state index contributed by atoms with van der Waals surface area (Å²) in [6, 6.07) is 10.2. The Bertz CT molecular complexity index is 522. The molecule has 0 aliphatic rings. The lowest BCUT2D eigenvalue weighted by Crippen LogP contribution is -2.17. The first-order chi connectivity index (χ1) is 8.60. The minimum absolute atomic E-state index is 0.247. The molecule has 0 aliphatic heterocycles. The van der Waals surface area contributed by atoms with E-state index in [2.05, 4.69) is 27.3 Å². The maximum atomic E-state index is 6.07. The third-order valence-electron chi connectivity index (χ3n) is 2.68. The Balaban J connectivity index is 2.19. The minimum Gasteiger partial charge on any atom is -0.312 e. The van der Waals surface area contributed by atoms with Crippen LogP contribution in [0, 0.1) is 0 Å². The molecule has 1 heterocycles. The molecular weight excluding hydrogens is 353 g/mol. The highest BCUT2D eigenvalue weighted by Gasteiger charge is 2.15. The summed E-state index contributed by atoms with van der Waals surface area (Å²) in [6.07, 6.45) is 0.889. The zero-order valence-corrected chi connectivity index (χ0v) is 13.6. The summed E-state index contributed by atoms with van der Waals surface area (Å²) in [5, 5.41) is 4.85. The predicted octanol–water partition coefficient (Wildman–Crippen LogP) is 5.32. The van der Waals surface area contributed by atoms with Crippen LogP contribution in [0.5, 0.6) is 0 Å². The molecule has 0 bridgehead atoms. The van der Waals surface area contributed by atoms with Crippen LogP contribution in [0.15, 0.2) is 34.1 Å². The normalized spacial score (nSPS) is 12.7. The van der Waals surface area contributed by atoms with Gasteiger partial charge in [-0.25, -0.2) is 0 Å². The van der Waals surface area contributed by atoms with Crippen molar-refractivity contribution in [1.29, 1.82) is 0 Å². The van der Waals surface area contributed by atoms with Crippen LogP contribution in [0.4, 0.5) is 0 Å². The number of thiophene rings is 1. The maximum Gasteiger partial charge on any atom is 0.0887 e. The Hall–Kier alpha value is -0.0600. The highest BCUT2D eigenvalue weighted by molar-refractivity contribution is 9.11. The van der Waals surface area contributed by atoms with Crippen molar-refractivity contribution in [3.05, 3.63) is 54.6 Å². The molecule has 1 aromatic carbocycles. The molecule has 1 N–H and O–H groups in total. The number of nitrogens with one attached hydrogen (secondary N) is 1. The molecule has 0 amide bonds. The van der Waals surface area contributed by atoms with E-state index in [9.17, 15) is 0 Å². The lowest BCUT2D eigenvalue weighted by molar-refractivity contribution is 0.602. The second-order valence-corrected chi connectivity index (χ2v) is 7.19. The minimum atomic E-state index is 0.247. The van der Waals surface area contributed by atoms with Gasteiger partial charge in [-0.05, 0) is 53.2 Å². The average molecular weight is 365 g/mol. The molecule has 2 aromatic rings. The van der Waals surface area contributed by atoms with E-state index in [1.807, 2.05) is 31.3 Å². The predicted molar refractivity (Wildman–Crippen MR) is 84.0 cm³/mol. The Labute approximate surface area is 129 Å². The Morgan fingerprint density at radius 1 is 1.33 bits per heavy atom. The number of benzene rings is 1. The number of hydrogen-bond donors (Lipinski definition) is 1. The van der Waals surface area contributed by atoms with Gasteiger partial charge in [0.25, 0.3) is 0 Å². The van der Waals surface area contributed by atoms with Gasteiger partial charge in [0.15, 0.2) is 0 Å². The summed E-state index contributed by atoms with van der Waals surface area (Å²) in [4.78, 5) is 1.22. The zero-order valence-electron chi connectivity index (χ0n) is 9.71. The van der Waals surface area contributed by atoms with Crippen LogP contribution in [0.2, 0.25) is 10.0 Å². The van der Waals surface area contributed by atoms with Gasteiger partial charge < -0.3 is 5.32 Å². The van der Waals surface area contributed by atoms with Gasteiger partial charge in [-0.1, -0.05) is 35.3 Å². The van der Waals surface area contributed by atoms with E-state index in [1.165, 1.54) is 10.4 Å². The molecule has 0 fully saturated rings. The molecule has 0 saturated carbocycles. The van der Waals surface area contributed by atoms with Gasteiger partial charge in [-0.15, -0.1) is 11.3 Å². The van der Waals surface area contributed by atoms with Crippen LogP contribution in [-0.2, 0) is 6.42 Å². The third-order valence-corrected chi connectivity index (χ3v) is 5.51. The molecule has 1 nitrogen and oxygen atoms in total. The average Bonchev–Trinajstić information content (AvgIpc) is 2.66. The molecule has 0 saturated heterocycles. The molecule has 96 valence electrons. The van der Waals surface area contributed by atoms with Crippen molar-refractivity contribution in [2.75, 3.05) is 7.05 Å². The quantitative estimate of drug-likeness (QED) is 0.773. The summed E-state index contributed by atoms with van der Waals surface area (Å²) in [5.41, 5.74) is 1.21. The van der Waals surface area contributed by atoms with Crippen LogP contribution in [0.3, 0.4) is 0 Å². The molecule has 1 atom stereocenters. The molecule has 0 radical (unpaired) electrons. The van der Waals surface area contributed by atoms with Crippen LogP contribution in [0.1, 0.15) is 16.5 Å². The topological polar surface area (TPSA) is 12.0 Å². The number of likely N-dealkylation sites (N-methyl/N-ethyl adjacent to an activating group) is 1. The fraction of sp³-hybridized carbons (Fsp3) is 0.231. The van der Waals surface area contributed by atoms with E-state index in [4.69, 9.17) is 23.2 Å². The summed E-state index contributed by atoms with van der Waals surface area (Å²) >= 11 is 17.2. The van der Waals surface area contributed by atoms with Gasteiger partial charge in [0.2, 0.25) is 0 Å². The lowest BCUT2D eigenvalue weighted by atomic mass is 10.1. The molecule has 1 unspecified atom stereocenters. The number of rotatable bonds is 4. The Morgan fingerprint density at radius 3 is 2.67 bits per heavy atom. The van der Waals surface area contributed by atoms with E-state index in [0.29, 0.717) is 0 Å². The highest BCUT2D eigenvalue weighted by atomic mass is 79.9. The van der Waals surface area contributed by atoms with Crippen molar-refractivity contribution < 1.29 is 0 Å². The largest absolute Gasteiger partial charge is 0.312 e. The summed E-state index contributed by atoms with van der Waals surface area (Å²) in [6.45, 7) is 0. The van der Waals surface area contributed by atoms with E-state index < -0.39 is 0 Å². The standard InChI is InChI=1S/C13H12BrCl2NS/c1-17-11(12-7-10(16)13(14)18-12)6-8-3-2-4-9(15)5-8/h2-5,7,11,17H,6H2,1H3. The van der Waals surface area contributed by atoms with Crippen molar-refractivity contribution in [2.45, 2.75) is 12.5 Å². The van der Waals surface area contributed by atoms with Crippen LogP contribution >= 0.6 is 50.5 Å². The smallest absolute Gasteiger partial charge is 0.0887 e. The maximum absolute atomic E-state index is 6.07. The Morgan fingerprint density at radius 2 is 2.11 bits per heavy atom. The third kappa shape index (κ3) is 3.49. The number of hydrogen-bond acceptors (Lipinski definition) is 2. The van der Waals surface area contributed by atoms with Crippen molar-refractivity contribution >= 4 is 50.5 Å². The highest BCUT2D eigenvalue weighted by Crippen LogP contribution is 2.36. The molecule has 18 heavy (non-hydrogen) atoms.